The zero-order valence-electron chi connectivity index (χ0n) is 9.67. The van der Waals surface area contributed by atoms with Gasteiger partial charge in [-0.25, -0.2) is 0 Å². The van der Waals surface area contributed by atoms with E-state index < -0.39 is 0 Å². The first-order valence-corrected chi connectivity index (χ1v) is 5.86. The third-order valence-electron chi connectivity index (χ3n) is 3.02. The van der Waals surface area contributed by atoms with E-state index in [2.05, 4.69) is 24.0 Å². The molecular formula is C13H19NO2. The topological polar surface area (TPSA) is 32.7 Å². The first-order valence-electron chi connectivity index (χ1n) is 5.86. The predicted molar refractivity (Wildman–Crippen MR) is 63.0 cm³/mol. The summed E-state index contributed by atoms with van der Waals surface area (Å²) in [6, 6.07) is 10.7. The minimum absolute atomic E-state index is 0.0581. The first kappa shape index (κ1) is 11.6. The molecule has 88 valence electrons. The number of hydrogen-bond donors (Lipinski definition) is 1. The van der Waals surface area contributed by atoms with Crippen LogP contribution in [0.2, 0.25) is 0 Å². The lowest BCUT2D eigenvalue weighted by molar-refractivity contribution is 0.0271. The summed E-state index contributed by atoms with van der Waals surface area (Å²) >= 11 is 0. The van der Waals surface area contributed by atoms with Crippen LogP contribution in [-0.2, 0) is 4.74 Å². The third-order valence-corrected chi connectivity index (χ3v) is 3.02. The molecule has 0 spiro atoms. The van der Waals surface area contributed by atoms with Crippen molar-refractivity contribution in [3.8, 4) is 0 Å². The van der Waals surface area contributed by atoms with Crippen molar-refractivity contribution in [1.29, 1.82) is 0 Å². The highest BCUT2D eigenvalue weighted by molar-refractivity contribution is 5.18. The lowest BCUT2D eigenvalue weighted by Crippen LogP contribution is -2.32. The van der Waals surface area contributed by atoms with Crippen molar-refractivity contribution in [2.24, 2.45) is 0 Å². The fourth-order valence-corrected chi connectivity index (χ4v) is 2.15. The van der Waals surface area contributed by atoms with Crippen molar-refractivity contribution in [3.05, 3.63) is 35.9 Å². The van der Waals surface area contributed by atoms with Crippen LogP contribution in [0.15, 0.2) is 30.3 Å². The average Bonchev–Trinajstić information content (AvgIpc) is 2.69. The van der Waals surface area contributed by atoms with Crippen molar-refractivity contribution in [2.45, 2.75) is 25.6 Å². The molecule has 2 atom stereocenters. The average molecular weight is 221 g/mol. The zero-order valence-corrected chi connectivity index (χ0v) is 9.67. The molecule has 1 heterocycles. The van der Waals surface area contributed by atoms with E-state index in [1.807, 2.05) is 18.2 Å². The third kappa shape index (κ3) is 2.43. The monoisotopic (exact) mass is 221 g/mol. The molecule has 1 aromatic rings. The van der Waals surface area contributed by atoms with Gasteiger partial charge in [-0.3, -0.25) is 4.90 Å². The molecule has 1 saturated heterocycles. The summed E-state index contributed by atoms with van der Waals surface area (Å²) in [6.07, 6.45) is 0.861. The van der Waals surface area contributed by atoms with Crippen LogP contribution < -0.4 is 0 Å². The fourth-order valence-electron chi connectivity index (χ4n) is 2.15. The van der Waals surface area contributed by atoms with Crippen molar-refractivity contribution < 1.29 is 9.84 Å². The summed E-state index contributed by atoms with van der Waals surface area (Å²) in [7, 11) is 0. The molecule has 16 heavy (non-hydrogen) atoms. The maximum absolute atomic E-state index is 8.90. The molecular weight excluding hydrogens is 202 g/mol. The molecule has 0 amide bonds. The van der Waals surface area contributed by atoms with Crippen molar-refractivity contribution in [2.75, 3.05) is 19.8 Å². The van der Waals surface area contributed by atoms with Crippen LogP contribution >= 0.6 is 0 Å². The molecule has 0 saturated carbocycles. The fraction of sp³-hybridized carbons (Fsp3) is 0.538. The van der Waals surface area contributed by atoms with Gasteiger partial charge in [-0.05, 0) is 18.9 Å². The van der Waals surface area contributed by atoms with Crippen molar-refractivity contribution in [3.63, 3.8) is 0 Å². The molecule has 2 rings (SSSR count). The van der Waals surface area contributed by atoms with E-state index in [0.29, 0.717) is 6.04 Å². The van der Waals surface area contributed by atoms with Crippen LogP contribution in [0.1, 0.15) is 25.1 Å². The lowest BCUT2D eigenvalue weighted by Gasteiger charge is -2.26. The first-order chi connectivity index (χ1) is 7.83. The highest BCUT2D eigenvalue weighted by atomic mass is 16.5. The van der Waals surface area contributed by atoms with Crippen LogP contribution in [0.5, 0.6) is 0 Å². The summed E-state index contributed by atoms with van der Waals surface area (Å²) in [6.45, 7) is 4.06. The van der Waals surface area contributed by atoms with Gasteiger partial charge < -0.3 is 9.84 Å². The van der Waals surface area contributed by atoms with Crippen LogP contribution in [0.3, 0.4) is 0 Å². The van der Waals surface area contributed by atoms with Crippen LogP contribution in [0, 0.1) is 0 Å². The number of aliphatic hydroxyl groups excluding tert-OH is 1. The van der Waals surface area contributed by atoms with Gasteiger partial charge in [-0.1, -0.05) is 30.3 Å². The van der Waals surface area contributed by atoms with Crippen LogP contribution in [-0.4, -0.2) is 35.8 Å². The Hall–Kier alpha value is -0.900. The molecule has 0 bridgehead atoms. The minimum atomic E-state index is 0.0581. The Morgan fingerprint density at radius 2 is 2.12 bits per heavy atom. The standard InChI is InChI=1S/C13H19NO2/c1-11-10-16-13(14(11)8-5-9-15)12-6-3-2-4-7-12/h2-4,6-7,11,13,15H,5,8-10H2,1H3. The van der Waals surface area contributed by atoms with Gasteiger partial charge in [0, 0.05) is 19.2 Å². The van der Waals surface area contributed by atoms with E-state index in [9.17, 15) is 0 Å². The normalized spacial score (nSPS) is 26.1. The maximum Gasteiger partial charge on any atom is 0.137 e. The van der Waals surface area contributed by atoms with E-state index >= 15 is 0 Å². The molecule has 0 radical (unpaired) electrons. The van der Waals surface area contributed by atoms with Gasteiger partial charge >= 0.3 is 0 Å². The molecule has 1 N–H and O–H groups in total. The van der Waals surface area contributed by atoms with E-state index in [0.717, 1.165) is 19.6 Å². The van der Waals surface area contributed by atoms with Crippen LogP contribution in [0.4, 0.5) is 0 Å². The van der Waals surface area contributed by atoms with Gasteiger partial charge in [-0.15, -0.1) is 0 Å². The Morgan fingerprint density at radius 1 is 1.38 bits per heavy atom. The lowest BCUT2D eigenvalue weighted by atomic mass is 10.1. The summed E-state index contributed by atoms with van der Waals surface area (Å²) in [5.41, 5.74) is 1.20. The van der Waals surface area contributed by atoms with E-state index in [-0.39, 0.29) is 12.8 Å². The van der Waals surface area contributed by atoms with Gasteiger partial charge in [0.1, 0.15) is 6.23 Å². The number of rotatable bonds is 4. The van der Waals surface area contributed by atoms with Crippen molar-refractivity contribution in [1.82, 2.24) is 4.90 Å². The number of aliphatic hydroxyl groups is 1. The van der Waals surface area contributed by atoms with E-state index in [1.165, 1.54) is 5.56 Å². The minimum Gasteiger partial charge on any atom is -0.396 e. The summed E-state index contributed by atoms with van der Waals surface area (Å²) < 4.78 is 5.81. The molecule has 1 fully saturated rings. The Labute approximate surface area is 96.6 Å². The van der Waals surface area contributed by atoms with E-state index in [4.69, 9.17) is 9.84 Å². The molecule has 0 aromatic heterocycles. The van der Waals surface area contributed by atoms with Gasteiger partial charge in [0.2, 0.25) is 0 Å². The molecule has 1 aliphatic rings. The highest BCUT2D eigenvalue weighted by Crippen LogP contribution is 2.30. The molecule has 3 heteroatoms. The number of benzene rings is 1. The number of ether oxygens (including phenoxy) is 1. The molecule has 1 aliphatic heterocycles. The Kier molecular flexibility index (Phi) is 3.93. The Balaban J connectivity index is 2.08. The Bertz CT molecular complexity index is 315. The maximum atomic E-state index is 8.90. The van der Waals surface area contributed by atoms with Crippen LogP contribution in [0.25, 0.3) is 0 Å². The smallest absolute Gasteiger partial charge is 0.137 e. The Morgan fingerprint density at radius 3 is 2.81 bits per heavy atom. The van der Waals surface area contributed by atoms with Crippen molar-refractivity contribution >= 4 is 0 Å². The second-order valence-electron chi connectivity index (χ2n) is 4.26. The summed E-state index contributed by atoms with van der Waals surface area (Å²) in [5, 5.41) is 8.90. The molecule has 2 unspecified atom stereocenters. The van der Waals surface area contributed by atoms with E-state index in [1.54, 1.807) is 0 Å². The largest absolute Gasteiger partial charge is 0.396 e. The summed E-state index contributed by atoms with van der Waals surface area (Å²) in [4.78, 5) is 2.31. The second-order valence-corrected chi connectivity index (χ2v) is 4.26. The van der Waals surface area contributed by atoms with Gasteiger partial charge in [0.25, 0.3) is 0 Å². The molecule has 0 aliphatic carbocycles. The highest BCUT2D eigenvalue weighted by Gasteiger charge is 2.31. The summed E-state index contributed by atoms with van der Waals surface area (Å²) in [5.74, 6) is 0. The second kappa shape index (κ2) is 5.43. The van der Waals surface area contributed by atoms with Gasteiger partial charge in [-0.2, -0.15) is 0 Å². The zero-order chi connectivity index (χ0) is 11.4. The van der Waals surface area contributed by atoms with Gasteiger partial charge in [0.15, 0.2) is 0 Å². The number of nitrogens with zero attached hydrogens (tertiary/aromatic N) is 1. The molecule has 1 aromatic carbocycles. The quantitative estimate of drug-likeness (QED) is 0.841. The SMILES string of the molecule is CC1COC(c2ccccc2)N1CCCO. The number of hydrogen-bond acceptors (Lipinski definition) is 3. The molecule has 3 nitrogen and oxygen atoms in total. The predicted octanol–water partition coefficient (Wildman–Crippen LogP) is 1.79. The van der Waals surface area contributed by atoms with Gasteiger partial charge in [0.05, 0.1) is 6.61 Å².